The van der Waals surface area contributed by atoms with Crippen LogP contribution >= 0.6 is 46.9 Å². The van der Waals surface area contributed by atoms with Crippen LogP contribution < -0.4 is 10.6 Å². The summed E-state index contributed by atoms with van der Waals surface area (Å²) >= 11 is 7.60. The number of rotatable bonds is 6. The Kier molecular flexibility index (Phi) is 8.40. The van der Waals surface area contributed by atoms with E-state index in [-0.39, 0.29) is 24.0 Å². The van der Waals surface area contributed by atoms with Crippen molar-refractivity contribution in [3.05, 3.63) is 64.3 Å². The van der Waals surface area contributed by atoms with Gasteiger partial charge in [0.15, 0.2) is 5.96 Å². The molecule has 3 aromatic rings. The largest absolute Gasteiger partial charge is 0.443 e. The number of halogens is 2. The van der Waals surface area contributed by atoms with Crippen molar-refractivity contribution in [3.8, 4) is 10.8 Å². The normalized spacial score (nSPS) is 11.1. The first-order valence-electron chi connectivity index (χ1n) is 7.92. The minimum Gasteiger partial charge on any atom is -0.443 e. The average molecular weight is 503 g/mol. The quantitative estimate of drug-likeness (QED) is 0.294. The third kappa shape index (κ3) is 6.00. The van der Waals surface area contributed by atoms with Crippen molar-refractivity contribution in [3.63, 3.8) is 0 Å². The third-order valence-electron chi connectivity index (χ3n) is 3.54. The Morgan fingerprint density at radius 3 is 2.88 bits per heavy atom. The van der Waals surface area contributed by atoms with Gasteiger partial charge in [0.2, 0.25) is 5.89 Å². The summed E-state index contributed by atoms with van der Waals surface area (Å²) in [5.74, 6) is 1.37. The molecule has 0 amide bonds. The molecule has 1 aromatic carbocycles. The number of nitrogens with zero attached hydrogens (tertiary/aromatic N) is 2. The van der Waals surface area contributed by atoms with Gasteiger partial charge < -0.3 is 15.1 Å². The number of oxazole rings is 1. The van der Waals surface area contributed by atoms with E-state index in [9.17, 15) is 0 Å². The Labute approximate surface area is 178 Å². The van der Waals surface area contributed by atoms with Crippen LogP contribution in [0.5, 0.6) is 0 Å². The predicted octanol–water partition coefficient (Wildman–Crippen LogP) is 4.58. The Morgan fingerprint density at radius 1 is 1.27 bits per heavy atom. The molecule has 8 heteroatoms. The zero-order valence-corrected chi connectivity index (χ0v) is 18.1. The first-order valence-corrected chi connectivity index (χ1v) is 9.17. The number of benzene rings is 1. The van der Waals surface area contributed by atoms with Gasteiger partial charge in [-0.25, -0.2) is 4.98 Å². The van der Waals surface area contributed by atoms with E-state index in [1.165, 1.54) is 5.56 Å². The summed E-state index contributed by atoms with van der Waals surface area (Å²) in [4.78, 5) is 9.72. The Balaban J connectivity index is 0.00000243. The van der Waals surface area contributed by atoms with E-state index in [1.807, 2.05) is 35.7 Å². The van der Waals surface area contributed by atoms with Crippen LogP contribution in [0.2, 0.25) is 5.02 Å². The second-order valence-corrected chi connectivity index (χ2v) is 6.74. The fourth-order valence-corrected chi connectivity index (χ4v) is 3.18. The molecule has 0 saturated carbocycles. The van der Waals surface area contributed by atoms with Crippen molar-refractivity contribution >= 4 is 52.9 Å². The first-order chi connectivity index (χ1) is 12.2. The summed E-state index contributed by atoms with van der Waals surface area (Å²) in [6.45, 7) is 1.31. The lowest BCUT2D eigenvalue weighted by atomic mass is 10.1. The van der Waals surface area contributed by atoms with Crippen LogP contribution in [0, 0.1) is 0 Å². The van der Waals surface area contributed by atoms with Gasteiger partial charge in [-0.1, -0.05) is 29.8 Å². The van der Waals surface area contributed by atoms with Gasteiger partial charge in [0.05, 0.1) is 17.1 Å². The molecule has 0 atom stereocenters. The summed E-state index contributed by atoms with van der Waals surface area (Å²) in [6.07, 6.45) is 2.54. The average Bonchev–Trinajstić information content (AvgIpc) is 3.29. The van der Waals surface area contributed by atoms with Crippen LogP contribution in [0.4, 0.5) is 0 Å². The van der Waals surface area contributed by atoms with Gasteiger partial charge in [-0.15, -0.1) is 35.3 Å². The van der Waals surface area contributed by atoms with Crippen molar-refractivity contribution in [2.24, 2.45) is 4.99 Å². The Hall–Kier alpha value is -1.58. The lowest BCUT2D eigenvalue weighted by molar-refractivity contribution is 0.573. The standard InChI is InChI=1S/C18H19ClN4OS.HI/c1-20-18(21-8-7-13-4-2-5-14(19)10-13)22-11-15-12-24-17(23-15)16-6-3-9-25-16;/h2-6,9-10,12H,7-8,11H2,1H3,(H2,20,21,22);1H. The SMILES string of the molecule is CN=C(NCCc1cccc(Cl)c1)NCc1coc(-c2cccs2)n1.I. The minimum atomic E-state index is 0. The molecule has 0 bridgehead atoms. The zero-order valence-electron chi connectivity index (χ0n) is 14.2. The molecule has 26 heavy (non-hydrogen) atoms. The fraction of sp³-hybridized carbons (Fsp3) is 0.222. The van der Waals surface area contributed by atoms with Crippen LogP contribution in [0.25, 0.3) is 10.8 Å². The van der Waals surface area contributed by atoms with E-state index in [2.05, 4.69) is 26.7 Å². The molecule has 3 rings (SSSR count). The van der Waals surface area contributed by atoms with Crippen molar-refractivity contribution in [2.45, 2.75) is 13.0 Å². The number of guanidine groups is 1. The molecule has 0 aliphatic heterocycles. The molecule has 2 N–H and O–H groups in total. The minimum absolute atomic E-state index is 0. The zero-order chi connectivity index (χ0) is 17.5. The molecule has 5 nitrogen and oxygen atoms in total. The molecule has 0 aliphatic carbocycles. The van der Waals surface area contributed by atoms with Gasteiger partial charge in [-0.3, -0.25) is 4.99 Å². The first kappa shape index (κ1) is 20.7. The highest BCUT2D eigenvalue weighted by atomic mass is 127. The van der Waals surface area contributed by atoms with E-state index in [0.29, 0.717) is 12.4 Å². The summed E-state index contributed by atoms with van der Waals surface area (Å²) < 4.78 is 5.51. The van der Waals surface area contributed by atoms with Crippen molar-refractivity contribution < 1.29 is 4.42 Å². The number of aromatic nitrogens is 1. The van der Waals surface area contributed by atoms with Gasteiger partial charge in [0.1, 0.15) is 6.26 Å². The van der Waals surface area contributed by atoms with E-state index in [1.54, 1.807) is 24.6 Å². The van der Waals surface area contributed by atoms with Gasteiger partial charge in [-0.2, -0.15) is 0 Å². The number of hydrogen-bond acceptors (Lipinski definition) is 4. The molecular formula is C18H20ClIN4OS. The van der Waals surface area contributed by atoms with Crippen LogP contribution in [0.15, 0.2) is 57.5 Å². The van der Waals surface area contributed by atoms with Gasteiger partial charge in [-0.05, 0) is 35.6 Å². The topological polar surface area (TPSA) is 62.5 Å². The van der Waals surface area contributed by atoms with E-state index >= 15 is 0 Å². The fourth-order valence-electron chi connectivity index (χ4n) is 2.31. The maximum Gasteiger partial charge on any atom is 0.236 e. The number of nitrogens with one attached hydrogen (secondary N) is 2. The van der Waals surface area contributed by atoms with Crippen LogP contribution in [-0.4, -0.2) is 24.5 Å². The molecule has 138 valence electrons. The monoisotopic (exact) mass is 502 g/mol. The van der Waals surface area contributed by atoms with Gasteiger partial charge in [0.25, 0.3) is 0 Å². The molecule has 0 radical (unpaired) electrons. The van der Waals surface area contributed by atoms with Crippen molar-refractivity contribution in [2.75, 3.05) is 13.6 Å². The number of thiophene rings is 1. The second-order valence-electron chi connectivity index (χ2n) is 5.35. The van der Waals surface area contributed by atoms with Crippen molar-refractivity contribution in [1.29, 1.82) is 0 Å². The van der Waals surface area contributed by atoms with Gasteiger partial charge in [0, 0.05) is 18.6 Å². The highest BCUT2D eigenvalue weighted by molar-refractivity contribution is 14.0. The molecule has 0 spiro atoms. The number of hydrogen-bond donors (Lipinski definition) is 2. The summed E-state index contributed by atoms with van der Waals surface area (Å²) in [6, 6.07) is 11.8. The Bertz CT molecular complexity index is 835. The molecule has 0 unspecified atom stereocenters. The molecule has 2 aromatic heterocycles. The summed E-state index contributed by atoms with van der Waals surface area (Å²) in [5.41, 5.74) is 2.02. The summed E-state index contributed by atoms with van der Waals surface area (Å²) in [7, 11) is 1.74. The van der Waals surface area contributed by atoms with E-state index in [0.717, 1.165) is 34.5 Å². The predicted molar refractivity (Wildman–Crippen MR) is 119 cm³/mol. The lowest BCUT2D eigenvalue weighted by Gasteiger charge is -2.10. The molecule has 0 fully saturated rings. The molecular weight excluding hydrogens is 483 g/mol. The molecule has 2 heterocycles. The van der Waals surface area contributed by atoms with Gasteiger partial charge >= 0.3 is 0 Å². The van der Waals surface area contributed by atoms with Crippen LogP contribution in [0.3, 0.4) is 0 Å². The maximum absolute atomic E-state index is 6.00. The van der Waals surface area contributed by atoms with Crippen molar-refractivity contribution in [1.82, 2.24) is 15.6 Å². The highest BCUT2D eigenvalue weighted by Gasteiger charge is 2.08. The third-order valence-corrected chi connectivity index (χ3v) is 4.63. The smallest absolute Gasteiger partial charge is 0.236 e. The highest BCUT2D eigenvalue weighted by Crippen LogP contribution is 2.23. The maximum atomic E-state index is 6.00. The lowest BCUT2D eigenvalue weighted by Crippen LogP contribution is -2.37. The van der Waals surface area contributed by atoms with E-state index in [4.69, 9.17) is 16.0 Å². The molecule has 0 saturated heterocycles. The van der Waals surface area contributed by atoms with Crippen LogP contribution in [-0.2, 0) is 13.0 Å². The second kappa shape index (κ2) is 10.5. The Morgan fingerprint density at radius 2 is 2.15 bits per heavy atom. The van der Waals surface area contributed by atoms with Crippen LogP contribution in [0.1, 0.15) is 11.3 Å². The number of aliphatic imine (C=N–C) groups is 1. The van der Waals surface area contributed by atoms with E-state index < -0.39 is 0 Å². The summed E-state index contributed by atoms with van der Waals surface area (Å²) in [5, 5.41) is 9.28. The molecule has 0 aliphatic rings.